The molecular weight excluding hydrogens is 297 g/mol. The van der Waals surface area contributed by atoms with Gasteiger partial charge in [-0.15, -0.1) is 9.24 Å². The summed E-state index contributed by atoms with van der Waals surface area (Å²) >= 11 is 0. The van der Waals surface area contributed by atoms with Crippen LogP contribution < -0.4 is 11.6 Å². The molecule has 0 bridgehead atoms. The van der Waals surface area contributed by atoms with Crippen molar-refractivity contribution in [2.45, 2.75) is 33.1 Å². The highest BCUT2D eigenvalue weighted by atomic mass is 31.0. The normalized spacial score (nSPS) is 9.77. The van der Waals surface area contributed by atoms with Crippen LogP contribution in [0.25, 0.3) is 0 Å². The van der Waals surface area contributed by atoms with Crippen molar-refractivity contribution in [1.82, 2.24) is 5.01 Å². The number of allylic oxidation sites excluding steroid dienone is 1. The van der Waals surface area contributed by atoms with Gasteiger partial charge >= 0.3 is 0 Å². The van der Waals surface area contributed by atoms with Crippen molar-refractivity contribution in [1.29, 1.82) is 0 Å². The smallest absolute Gasteiger partial charge is 0.120 e. The summed E-state index contributed by atoms with van der Waals surface area (Å²) in [5.41, 5.74) is 7.38. The van der Waals surface area contributed by atoms with Crippen LogP contribution in [0.5, 0.6) is 5.75 Å². The van der Waals surface area contributed by atoms with Crippen molar-refractivity contribution >= 4 is 15.5 Å². The Morgan fingerprint density at radius 2 is 1.82 bits per heavy atom. The summed E-state index contributed by atoms with van der Waals surface area (Å²) in [4.78, 5) is 10.2. The molecule has 0 fully saturated rings. The van der Waals surface area contributed by atoms with Gasteiger partial charge < -0.3 is 20.6 Å². The Labute approximate surface area is 136 Å². The van der Waals surface area contributed by atoms with E-state index in [1.807, 2.05) is 32.6 Å². The maximum Gasteiger partial charge on any atom is 0.120 e. The van der Waals surface area contributed by atoms with E-state index in [4.69, 9.17) is 16.7 Å². The van der Waals surface area contributed by atoms with Gasteiger partial charge in [0.2, 0.25) is 0 Å². The van der Waals surface area contributed by atoms with Crippen LogP contribution in [0.3, 0.4) is 0 Å². The molecule has 0 radical (unpaired) electrons. The molecule has 0 amide bonds. The van der Waals surface area contributed by atoms with Gasteiger partial charge in [0.05, 0.1) is 0 Å². The number of hydrazine groups is 1. The summed E-state index contributed by atoms with van der Waals surface area (Å²) < 4.78 is 0. The van der Waals surface area contributed by atoms with Crippen LogP contribution in [-0.4, -0.2) is 29.6 Å². The van der Waals surface area contributed by atoms with Gasteiger partial charge in [0.1, 0.15) is 12.0 Å². The number of nitrogens with two attached hydrogens (primary N) is 2. The fourth-order valence-electron chi connectivity index (χ4n) is 1.49. The second kappa shape index (κ2) is 15.8. The molecule has 1 atom stereocenters. The average Bonchev–Trinajstić information content (AvgIpc) is 2.56. The van der Waals surface area contributed by atoms with Gasteiger partial charge in [-0.1, -0.05) is 32.6 Å². The Morgan fingerprint density at radius 1 is 1.27 bits per heavy atom. The Hall–Kier alpha value is -1.58. The predicted molar refractivity (Wildman–Crippen MR) is 97.3 cm³/mol. The van der Waals surface area contributed by atoms with Gasteiger partial charge in [0.15, 0.2) is 0 Å². The number of aldehydes is 1. The van der Waals surface area contributed by atoms with E-state index in [1.54, 1.807) is 18.3 Å². The molecule has 1 unspecified atom stereocenters. The molecule has 0 saturated carbocycles. The van der Waals surface area contributed by atoms with E-state index in [1.165, 1.54) is 5.01 Å². The van der Waals surface area contributed by atoms with E-state index < -0.39 is 0 Å². The highest BCUT2D eigenvalue weighted by molar-refractivity contribution is 7.15. The third-order valence-corrected chi connectivity index (χ3v) is 2.48. The van der Waals surface area contributed by atoms with E-state index in [-0.39, 0.29) is 5.75 Å². The van der Waals surface area contributed by atoms with Gasteiger partial charge in [-0.05, 0) is 30.5 Å². The zero-order valence-corrected chi connectivity index (χ0v) is 15.0. The lowest BCUT2D eigenvalue weighted by atomic mass is 10.1. The fourth-order valence-corrected chi connectivity index (χ4v) is 1.49. The number of hydrogen-bond donors (Lipinski definition) is 3. The summed E-state index contributed by atoms with van der Waals surface area (Å²) in [6, 6.07) is 6.99. The van der Waals surface area contributed by atoms with Crippen LogP contribution in [0.4, 0.5) is 0 Å². The molecule has 22 heavy (non-hydrogen) atoms. The number of carbonyl (C=O) groups excluding carboxylic acids is 1. The molecule has 5 nitrogen and oxygen atoms in total. The molecule has 1 rings (SSSR count). The fraction of sp³-hybridized carbons (Fsp3) is 0.438. The van der Waals surface area contributed by atoms with E-state index in [9.17, 15) is 4.79 Å². The first-order valence-corrected chi connectivity index (χ1v) is 8.54. The van der Waals surface area contributed by atoms with Gasteiger partial charge in [0.25, 0.3) is 0 Å². The first-order valence-electron chi connectivity index (χ1n) is 7.38. The maximum atomic E-state index is 10.2. The lowest BCUT2D eigenvalue weighted by Crippen LogP contribution is -2.28. The van der Waals surface area contributed by atoms with E-state index in [0.717, 1.165) is 18.3 Å². The molecule has 1 aromatic carbocycles. The maximum absolute atomic E-state index is 10.2. The number of rotatable bonds is 7. The lowest BCUT2D eigenvalue weighted by Gasteiger charge is -2.14. The van der Waals surface area contributed by atoms with E-state index >= 15 is 0 Å². The highest BCUT2D eigenvalue weighted by Gasteiger charge is 1.98. The van der Waals surface area contributed by atoms with Crippen molar-refractivity contribution in [3.05, 3.63) is 41.7 Å². The minimum atomic E-state index is 0.251. The second-order valence-electron chi connectivity index (χ2n) is 4.06. The van der Waals surface area contributed by atoms with Crippen molar-refractivity contribution < 1.29 is 9.90 Å². The number of carbonyl (C=O) groups is 1. The summed E-state index contributed by atoms with van der Waals surface area (Å²) in [5.74, 6) is 6.01. The molecule has 0 aliphatic heterocycles. The monoisotopic (exact) mass is 327 g/mol. The minimum Gasteiger partial charge on any atom is -0.508 e. The number of hydrogen-bond acceptors (Lipinski definition) is 5. The molecule has 5 N–H and O–H groups in total. The van der Waals surface area contributed by atoms with E-state index in [2.05, 4.69) is 9.24 Å². The summed E-state index contributed by atoms with van der Waals surface area (Å²) in [7, 11) is 2.42. The Bertz CT molecular complexity index is 408. The van der Waals surface area contributed by atoms with Crippen LogP contribution in [-0.2, 0) is 11.2 Å². The largest absolute Gasteiger partial charge is 0.508 e. The van der Waals surface area contributed by atoms with E-state index in [0.29, 0.717) is 25.1 Å². The highest BCUT2D eigenvalue weighted by Crippen LogP contribution is 2.10. The van der Waals surface area contributed by atoms with Crippen molar-refractivity contribution in [3.63, 3.8) is 0 Å². The zero-order valence-electron chi connectivity index (χ0n) is 13.8. The topological polar surface area (TPSA) is 92.6 Å². The SMILES string of the molecule is CC.CP.N/C(=C\N(N)CCc1ccc(O)cc1)CCC=O. The average molecular weight is 327 g/mol. The number of nitrogens with zero attached hydrogens (tertiary/aromatic N) is 1. The van der Waals surface area contributed by atoms with Gasteiger partial charge in [-0.3, -0.25) is 0 Å². The molecule has 0 spiro atoms. The molecular formula is C16H30N3O2P. The molecule has 0 saturated heterocycles. The molecule has 0 aromatic heterocycles. The van der Waals surface area contributed by atoms with Crippen LogP contribution in [0.2, 0.25) is 0 Å². The van der Waals surface area contributed by atoms with Crippen LogP contribution in [0.15, 0.2) is 36.2 Å². The zero-order chi connectivity index (χ0) is 17.4. The van der Waals surface area contributed by atoms with Gasteiger partial charge in [0, 0.05) is 24.9 Å². The first-order chi connectivity index (χ1) is 10.6. The van der Waals surface area contributed by atoms with Crippen LogP contribution in [0, 0.1) is 0 Å². The van der Waals surface area contributed by atoms with Gasteiger partial charge in [-0.25, -0.2) is 5.84 Å². The summed E-state index contributed by atoms with van der Waals surface area (Å²) in [6.07, 6.45) is 4.17. The summed E-state index contributed by atoms with van der Waals surface area (Å²) in [6.45, 7) is 6.53. The van der Waals surface area contributed by atoms with Crippen molar-refractivity contribution in [2.75, 3.05) is 13.2 Å². The molecule has 126 valence electrons. The quantitative estimate of drug-likeness (QED) is 0.309. The Kier molecular flexibility index (Phi) is 16.3. The molecule has 1 aromatic rings. The lowest BCUT2D eigenvalue weighted by molar-refractivity contribution is -0.107. The minimum absolute atomic E-state index is 0.251. The van der Waals surface area contributed by atoms with Crippen molar-refractivity contribution in [2.24, 2.45) is 11.6 Å². The molecule has 0 aliphatic carbocycles. The number of phenols is 1. The standard InChI is InChI=1S/C13H19N3O2.C2H6.CH5P/c14-12(2-1-9-17)10-16(15)8-7-11-3-5-13(18)6-4-11;2*1-2/h3-6,9-10,18H,1-2,7-8,14-15H2;1-2H3;2H2,1H3/b12-10-;;. The molecule has 6 heteroatoms. The third-order valence-electron chi connectivity index (χ3n) is 2.48. The third kappa shape index (κ3) is 12.2. The number of aromatic hydroxyl groups is 1. The second-order valence-corrected chi connectivity index (χ2v) is 4.06. The Morgan fingerprint density at radius 3 is 2.32 bits per heavy atom. The van der Waals surface area contributed by atoms with Crippen LogP contribution in [0.1, 0.15) is 32.3 Å². The molecule has 0 aliphatic rings. The van der Waals surface area contributed by atoms with Crippen LogP contribution >= 0.6 is 9.24 Å². The first kappa shape index (κ1) is 22.7. The molecule has 0 heterocycles. The number of benzene rings is 1. The Balaban J connectivity index is 0. The summed E-state index contributed by atoms with van der Waals surface area (Å²) in [5, 5.41) is 10.7. The predicted octanol–water partition coefficient (Wildman–Crippen LogP) is 2.41. The van der Waals surface area contributed by atoms with Crippen molar-refractivity contribution in [3.8, 4) is 5.75 Å². The van der Waals surface area contributed by atoms with Gasteiger partial charge in [-0.2, -0.15) is 0 Å². The number of phenolic OH excluding ortho intramolecular Hbond substituents is 1.